The van der Waals surface area contributed by atoms with Crippen LogP contribution in [-0.2, 0) is 11.8 Å². The summed E-state index contributed by atoms with van der Waals surface area (Å²) in [5.74, 6) is 0. The van der Waals surface area contributed by atoms with Crippen LogP contribution in [0.5, 0.6) is 0 Å². The molecule has 0 fully saturated rings. The Balaban J connectivity index is 1.13. The molecule has 0 atom stereocenters. The third-order valence-electron chi connectivity index (χ3n) is 10.3. The molecule has 0 amide bonds. The zero-order chi connectivity index (χ0) is 35.1. The molecule has 0 saturated carbocycles. The fraction of sp³-hybridized carbons (Fsp3) is 0.160. The monoisotopic (exact) mass is 676 g/mol. The molecule has 0 nitrogen and oxygen atoms in total. The average Bonchev–Trinajstić information content (AvgIpc) is 3.51. The van der Waals surface area contributed by atoms with Crippen LogP contribution in [0.1, 0.15) is 60.6 Å². The van der Waals surface area contributed by atoms with Crippen LogP contribution >= 0.6 is 11.8 Å². The first-order valence-electron chi connectivity index (χ1n) is 18.1. The topological polar surface area (TPSA) is 0 Å². The molecule has 1 heteroatoms. The summed E-state index contributed by atoms with van der Waals surface area (Å²) in [4.78, 5) is 2.54. The first kappa shape index (κ1) is 33.1. The van der Waals surface area contributed by atoms with Crippen molar-refractivity contribution in [2.24, 2.45) is 0 Å². The zero-order valence-electron chi connectivity index (χ0n) is 30.3. The third-order valence-corrected chi connectivity index (χ3v) is 11.4. The van der Waals surface area contributed by atoms with Crippen LogP contribution < -0.4 is 0 Å². The van der Waals surface area contributed by atoms with Gasteiger partial charge in [0.15, 0.2) is 0 Å². The molecule has 0 aromatic heterocycles. The number of hydrogen-bond donors (Lipinski definition) is 0. The van der Waals surface area contributed by atoms with Gasteiger partial charge in [0.05, 0.1) is 0 Å². The van der Waals surface area contributed by atoms with E-state index < -0.39 is 0 Å². The Morgan fingerprint density at radius 1 is 0.588 bits per heavy atom. The second-order valence-electron chi connectivity index (χ2n) is 15.1. The molecule has 6 aromatic rings. The van der Waals surface area contributed by atoms with Gasteiger partial charge in [-0.2, -0.15) is 0 Å². The van der Waals surface area contributed by atoms with Crippen molar-refractivity contribution < 1.29 is 0 Å². The van der Waals surface area contributed by atoms with Gasteiger partial charge in [-0.25, -0.2) is 0 Å². The molecular weight excluding hydrogens is 633 g/mol. The molecule has 2 aliphatic rings. The summed E-state index contributed by atoms with van der Waals surface area (Å²) in [5.41, 5.74) is 20.0. The van der Waals surface area contributed by atoms with E-state index in [4.69, 9.17) is 0 Å². The van der Waals surface area contributed by atoms with E-state index in [1.54, 1.807) is 0 Å². The largest absolute Gasteiger partial charge is 0.0904 e. The smallest absolute Gasteiger partial charge is 0.0122 e. The van der Waals surface area contributed by atoms with E-state index in [2.05, 4.69) is 186 Å². The lowest BCUT2D eigenvalue weighted by molar-refractivity contribution is 0.590. The van der Waals surface area contributed by atoms with Gasteiger partial charge in [0.2, 0.25) is 0 Å². The molecule has 0 spiro atoms. The Bertz CT molecular complexity index is 2320. The predicted octanol–water partition coefficient (Wildman–Crippen LogP) is 14.2. The first-order chi connectivity index (χ1) is 24.7. The Morgan fingerprint density at radius 2 is 1.22 bits per heavy atom. The molecule has 0 radical (unpaired) electrons. The number of benzene rings is 6. The van der Waals surface area contributed by atoms with E-state index in [0.717, 1.165) is 12.8 Å². The summed E-state index contributed by atoms with van der Waals surface area (Å²) in [5, 5.41) is 0. The summed E-state index contributed by atoms with van der Waals surface area (Å²) in [6.45, 7) is 11.1. The maximum atomic E-state index is 2.47. The number of rotatable bonds is 6. The minimum absolute atomic E-state index is 0.171. The average molecular weight is 677 g/mol. The van der Waals surface area contributed by atoms with Crippen LogP contribution in [0, 0.1) is 13.8 Å². The Hall–Kier alpha value is -5.11. The standard InChI is InChI=1S/C50H44S/c1-33-10-18-38(19-11-33)48-45(32-46-44-9-7-6-8-40(44)31-47(46)49(48)39-20-12-34(2)13-21-39)37-22-28-43(29-23-37)51-42-26-16-36(17-27-42)30-35-14-24-41(25-15-35)50(3,4)5/h6-16,18-30,32H,17,31H2,1-5H3. The highest BCUT2D eigenvalue weighted by Crippen LogP contribution is 2.50. The van der Waals surface area contributed by atoms with Gasteiger partial charge < -0.3 is 0 Å². The Kier molecular flexibility index (Phi) is 8.78. The second kappa shape index (κ2) is 13.5. The first-order valence-corrected chi connectivity index (χ1v) is 18.9. The molecule has 8 rings (SSSR count). The van der Waals surface area contributed by atoms with Crippen molar-refractivity contribution in [3.8, 4) is 44.5 Å². The highest BCUT2D eigenvalue weighted by Gasteiger charge is 2.27. The SMILES string of the molecule is Cc1ccc(-c2c(-c3ccc(SC4=CCC(=Cc5ccc(C(C)(C)C)cc5)C=C4)cc3)cc3c(c2-c2ccc(C)cc2)Cc2ccccc2-3)cc1. The fourth-order valence-electron chi connectivity index (χ4n) is 7.42. The maximum Gasteiger partial charge on any atom is 0.0122 e. The second-order valence-corrected chi connectivity index (χ2v) is 16.3. The van der Waals surface area contributed by atoms with E-state index >= 15 is 0 Å². The van der Waals surface area contributed by atoms with Crippen molar-refractivity contribution in [2.75, 3.05) is 0 Å². The van der Waals surface area contributed by atoms with E-state index in [1.807, 2.05) is 11.8 Å². The van der Waals surface area contributed by atoms with Gasteiger partial charge in [0.25, 0.3) is 0 Å². The van der Waals surface area contributed by atoms with Crippen LogP contribution in [-0.4, -0.2) is 0 Å². The molecule has 2 aliphatic carbocycles. The summed E-state index contributed by atoms with van der Waals surface area (Å²) in [6.07, 6.45) is 11.1. The van der Waals surface area contributed by atoms with Gasteiger partial charge in [-0.15, -0.1) is 0 Å². The number of hydrogen-bond acceptors (Lipinski definition) is 1. The molecule has 0 N–H and O–H groups in total. The molecule has 0 saturated heterocycles. The molecule has 6 aromatic carbocycles. The van der Waals surface area contributed by atoms with E-state index in [0.29, 0.717) is 0 Å². The van der Waals surface area contributed by atoms with E-state index in [-0.39, 0.29) is 5.41 Å². The minimum Gasteiger partial charge on any atom is -0.0904 e. The van der Waals surface area contributed by atoms with Crippen LogP contribution in [0.3, 0.4) is 0 Å². The van der Waals surface area contributed by atoms with Crippen LogP contribution in [0.2, 0.25) is 0 Å². The number of thioether (sulfide) groups is 1. The van der Waals surface area contributed by atoms with Crippen molar-refractivity contribution in [3.05, 3.63) is 189 Å². The van der Waals surface area contributed by atoms with Crippen molar-refractivity contribution >= 4 is 17.8 Å². The number of allylic oxidation sites excluding steroid dienone is 4. The lowest BCUT2D eigenvalue weighted by atomic mass is 9.82. The third kappa shape index (κ3) is 6.84. The zero-order valence-corrected chi connectivity index (χ0v) is 31.1. The molecule has 0 heterocycles. The van der Waals surface area contributed by atoms with Gasteiger partial charge in [-0.1, -0.05) is 171 Å². The maximum absolute atomic E-state index is 2.47. The van der Waals surface area contributed by atoms with Gasteiger partial charge >= 0.3 is 0 Å². The Morgan fingerprint density at radius 3 is 1.84 bits per heavy atom. The summed E-state index contributed by atoms with van der Waals surface area (Å²) < 4.78 is 0. The highest BCUT2D eigenvalue weighted by molar-refractivity contribution is 8.03. The number of aryl methyl sites for hydroxylation is 2. The van der Waals surface area contributed by atoms with Crippen molar-refractivity contribution in [1.82, 2.24) is 0 Å². The summed E-state index contributed by atoms with van der Waals surface area (Å²) >= 11 is 1.84. The quantitative estimate of drug-likeness (QED) is 0.169. The van der Waals surface area contributed by atoms with Crippen molar-refractivity contribution in [2.45, 2.75) is 57.8 Å². The van der Waals surface area contributed by atoms with Crippen molar-refractivity contribution in [3.63, 3.8) is 0 Å². The molecule has 51 heavy (non-hydrogen) atoms. The Labute approximate surface area is 308 Å². The minimum atomic E-state index is 0.171. The molecule has 250 valence electrons. The lowest BCUT2D eigenvalue weighted by Gasteiger charge is -2.21. The van der Waals surface area contributed by atoms with Crippen LogP contribution in [0.25, 0.3) is 50.6 Å². The van der Waals surface area contributed by atoms with Gasteiger partial charge in [-0.3, -0.25) is 0 Å². The summed E-state index contributed by atoms with van der Waals surface area (Å²) in [7, 11) is 0. The van der Waals surface area contributed by atoms with E-state index in [9.17, 15) is 0 Å². The van der Waals surface area contributed by atoms with E-state index in [1.165, 1.54) is 93.3 Å². The van der Waals surface area contributed by atoms with Crippen LogP contribution in [0.4, 0.5) is 0 Å². The van der Waals surface area contributed by atoms with Crippen molar-refractivity contribution in [1.29, 1.82) is 0 Å². The lowest BCUT2D eigenvalue weighted by Crippen LogP contribution is -2.10. The van der Waals surface area contributed by atoms with Gasteiger partial charge in [-0.05, 0) is 129 Å². The fourth-order valence-corrected chi connectivity index (χ4v) is 8.27. The van der Waals surface area contributed by atoms with Gasteiger partial charge in [0.1, 0.15) is 0 Å². The predicted molar refractivity (Wildman–Crippen MR) is 221 cm³/mol. The van der Waals surface area contributed by atoms with Crippen LogP contribution in [0.15, 0.2) is 161 Å². The molecule has 0 unspecified atom stereocenters. The highest BCUT2D eigenvalue weighted by atomic mass is 32.2. The number of fused-ring (bicyclic) bond motifs is 3. The normalized spacial score (nSPS) is 14.4. The molecule has 0 bridgehead atoms. The van der Waals surface area contributed by atoms with Gasteiger partial charge in [0, 0.05) is 9.80 Å². The molecule has 0 aliphatic heterocycles. The summed E-state index contributed by atoms with van der Waals surface area (Å²) in [6, 6.07) is 47.8. The molecular formula is C50H44S.